The molecule has 1 unspecified atom stereocenters. The van der Waals surface area contributed by atoms with Gasteiger partial charge in [-0.05, 0) is 31.0 Å². The van der Waals surface area contributed by atoms with Crippen molar-refractivity contribution in [3.63, 3.8) is 0 Å². The molecule has 10 heteroatoms. The number of nitrogens with two attached hydrogens (primary N) is 1. The van der Waals surface area contributed by atoms with Gasteiger partial charge >= 0.3 is 0 Å². The Balaban J connectivity index is 1.63. The molecule has 0 radical (unpaired) electrons. The fraction of sp³-hybridized carbons (Fsp3) is 0.450. The van der Waals surface area contributed by atoms with E-state index in [4.69, 9.17) is 17.3 Å². The van der Waals surface area contributed by atoms with Crippen molar-refractivity contribution >= 4 is 23.4 Å². The lowest BCUT2D eigenvalue weighted by atomic mass is 9.79. The molecule has 1 saturated carbocycles. The summed E-state index contributed by atoms with van der Waals surface area (Å²) in [4.78, 5) is 26.5. The second-order valence-electron chi connectivity index (χ2n) is 8.05. The molecule has 1 atom stereocenters. The predicted molar refractivity (Wildman–Crippen MR) is 103 cm³/mol. The average molecular weight is 441 g/mol. The van der Waals surface area contributed by atoms with E-state index in [1.165, 1.54) is 18.2 Å². The van der Waals surface area contributed by atoms with E-state index in [2.05, 4.69) is 5.10 Å². The fourth-order valence-electron chi connectivity index (χ4n) is 4.21. The molecule has 0 saturated heterocycles. The van der Waals surface area contributed by atoms with Crippen LogP contribution < -0.4 is 5.73 Å². The third-order valence-electron chi connectivity index (χ3n) is 5.74. The number of carbonyl (C=O) groups is 2. The van der Waals surface area contributed by atoms with Gasteiger partial charge in [-0.15, -0.1) is 0 Å². The minimum absolute atomic E-state index is 0.0421. The maximum atomic E-state index is 13.5. The van der Waals surface area contributed by atoms with E-state index in [0.717, 1.165) is 0 Å². The zero-order valence-electron chi connectivity index (χ0n) is 16.2. The number of benzene rings is 1. The molecule has 6 nitrogen and oxygen atoms in total. The lowest BCUT2D eigenvalue weighted by molar-refractivity contribution is -0.145. The van der Waals surface area contributed by atoms with Crippen molar-refractivity contribution in [2.75, 3.05) is 0 Å². The molecular formula is C20H20ClF3N4O2. The van der Waals surface area contributed by atoms with Crippen LogP contribution in [0.3, 0.4) is 0 Å². The van der Waals surface area contributed by atoms with Gasteiger partial charge < -0.3 is 10.6 Å². The van der Waals surface area contributed by atoms with Crippen LogP contribution in [0.1, 0.15) is 42.2 Å². The summed E-state index contributed by atoms with van der Waals surface area (Å²) in [5, 5.41) is 4.35. The molecule has 4 rings (SSSR count). The Morgan fingerprint density at radius 1 is 1.33 bits per heavy atom. The highest BCUT2D eigenvalue weighted by Gasteiger charge is 2.46. The molecule has 2 aliphatic rings. The summed E-state index contributed by atoms with van der Waals surface area (Å²) in [5.41, 5.74) is 6.89. The highest BCUT2D eigenvalue weighted by molar-refractivity contribution is 6.31. The Labute approximate surface area is 175 Å². The van der Waals surface area contributed by atoms with Crippen molar-refractivity contribution in [1.82, 2.24) is 14.7 Å². The minimum atomic E-state index is -2.68. The third kappa shape index (κ3) is 3.66. The SMILES string of the molecule is CC1Cn2nc(-c3ccc(F)c(Cl)c3)c(C(N)=O)c2CN1C(=O)CC1CC(F)(F)C1. The van der Waals surface area contributed by atoms with Gasteiger partial charge in [0.25, 0.3) is 5.91 Å². The number of hydrogen-bond donors (Lipinski definition) is 1. The van der Waals surface area contributed by atoms with Gasteiger partial charge in [-0.3, -0.25) is 14.3 Å². The fourth-order valence-corrected chi connectivity index (χ4v) is 4.39. The predicted octanol–water partition coefficient (Wildman–Crippen LogP) is 3.61. The van der Waals surface area contributed by atoms with E-state index in [1.807, 2.05) is 6.92 Å². The van der Waals surface area contributed by atoms with Gasteiger partial charge in [0.2, 0.25) is 11.8 Å². The Morgan fingerprint density at radius 3 is 2.63 bits per heavy atom. The van der Waals surface area contributed by atoms with Gasteiger partial charge in [0.1, 0.15) is 11.5 Å². The largest absolute Gasteiger partial charge is 0.365 e. The number of halogens is 4. The van der Waals surface area contributed by atoms with Crippen molar-refractivity contribution in [2.45, 2.75) is 51.2 Å². The van der Waals surface area contributed by atoms with Crippen LogP contribution in [0.15, 0.2) is 18.2 Å². The third-order valence-corrected chi connectivity index (χ3v) is 6.03. The van der Waals surface area contributed by atoms with Crippen molar-refractivity contribution in [3.8, 4) is 11.3 Å². The molecule has 2 amide bonds. The number of fused-ring (bicyclic) bond motifs is 1. The highest BCUT2D eigenvalue weighted by Crippen LogP contribution is 2.44. The summed E-state index contributed by atoms with van der Waals surface area (Å²) in [7, 11) is 0. The molecule has 1 aromatic carbocycles. The normalized spacial score (nSPS) is 20.6. The van der Waals surface area contributed by atoms with Crippen LogP contribution in [0.4, 0.5) is 13.2 Å². The van der Waals surface area contributed by atoms with Crippen LogP contribution in [0, 0.1) is 11.7 Å². The number of nitrogens with zero attached hydrogens (tertiary/aromatic N) is 3. The van der Waals surface area contributed by atoms with Crippen molar-refractivity contribution < 1.29 is 22.8 Å². The van der Waals surface area contributed by atoms with Crippen molar-refractivity contribution in [3.05, 3.63) is 40.3 Å². The van der Waals surface area contributed by atoms with E-state index in [0.29, 0.717) is 17.8 Å². The van der Waals surface area contributed by atoms with E-state index >= 15 is 0 Å². The summed E-state index contributed by atoms with van der Waals surface area (Å²) < 4.78 is 41.3. The summed E-state index contributed by atoms with van der Waals surface area (Å²) in [5.74, 6) is -4.58. The second-order valence-corrected chi connectivity index (χ2v) is 8.46. The van der Waals surface area contributed by atoms with Gasteiger partial charge in [-0.25, -0.2) is 13.2 Å². The molecule has 0 bridgehead atoms. The second kappa shape index (κ2) is 7.30. The summed E-state index contributed by atoms with van der Waals surface area (Å²) in [6.07, 6.45) is -0.512. The van der Waals surface area contributed by atoms with E-state index < -0.39 is 17.6 Å². The highest BCUT2D eigenvalue weighted by atomic mass is 35.5. The molecule has 1 aliphatic heterocycles. The van der Waals surface area contributed by atoms with Gasteiger partial charge in [0, 0.05) is 30.9 Å². The van der Waals surface area contributed by atoms with E-state index in [-0.39, 0.29) is 60.0 Å². The Hall–Kier alpha value is -2.55. The summed E-state index contributed by atoms with van der Waals surface area (Å²) in [6.45, 7) is 2.23. The van der Waals surface area contributed by atoms with Crippen LogP contribution in [-0.4, -0.2) is 38.5 Å². The monoisotopic (exact) mass is 440 g/mol. The Kier molecular flexibility index (Phi) is 5.04. The lowest BCUT2D eigenvalue weighted by Crippen LogP contribution is -2.47. The molecule has 160 valence electrons. The standard InChI is InChI=1S/C20H20ClF3N4O2/c1-10-8-28-15(9-27(10)16(29)4-11-6-20(23,24)7-11)17(19(25)30)18(26-28)12-2-3-14(22)13(21)5-12/h2-3,5,10-11H,4,6-9H2,1H3,(H2,25,30). The average Bonchev–Trinajstić information content (AvgIpc) is 3.00. The maximum absolute atomic E-state index is 13.5. The van der Waals surface area contributed by atoms with Crippen molar-refractivity contribution in [2.24, 2.45) is 11.7 Å². The number of alkyl halides is 2. The van der Waals surface area contributed by atoms with Gasteiger partial charge in [0.05, 0.1) is 29.4 Å². The zero-order chi connectivity index (χ0) is 21.8. The van der Waals surface area contributed by atoms with Crippen LogP contribution in [-0.2, 0) is 17.9 Å². The molecule has 2 N–H and O–H groups in total. The minimum Gasteiger partial charge on any atom is -0.365 e. The first-order valence-electron chi connectivity index (χ1n) is 9.58. The Morgan fingerprint density at radius 2 is 2.03 bits per heavy atom. The molecule has 30 heavy (non-hydrogen) atoms. The van der Waals surface area contributed by atoms with E-state index in [9.17, 15) is 22.8 Å². The molecular weight excluding hydrogens is 421 g/mol. The number of carbonyl (C=O) groups excluding carboxylic acids is 2. The number of hydrogen-bond acceptors (Lipinski definition) is 3. The molecule has 1 aliphatic carbocycles. The van der Waals surface area contributed by atoms with Gasteiger partial charge in [-0.1, -0.05) is 11.6 Å². The summed E-state index contributed by atoms with van der Waals surface area (Å²) in [6, 6.07) is 3.75. The molecule has 0 spiro atoms. The molecule has 1 fully saturated rings. The lowest BCUT2D eigenvalue weighted by Gasteiger charge is -2.38. The first-order valence-corrected chi connectivity index (χ1v) is 9.95. The van der Waals surface area contributed by atoms with Gasteiger partial charge in [-0.2, -0.15) is 5.10 Å². The van der Waals surface area contributed by atoms with E-state index in [1.54, 1.807) is 9.58 Å². The van der Waals surface area contributed by atoms with Crippen LogP contribution in [0.25, 0.3) is 11.3 Å². The van der Waals surface area contributed by atoms with Crippen LogP contribution in [0.5, 0.6) is 0 Å². The van der Waals surface area contributed by atoms with Crippen LogP contribution >= 0.6 is 11.6 Å². The first-order chi connectivity index (χ1) is 14.1. The number of amides is 2. The summed E-state index contributed by atoms with van der Waals surface area (Å²) >= 11 is 5.87. The number of rotatable bonds is 4. The molecule has 1 aromatic heterocycles. The quantitative estimate of drug-likeness (QED) is 0.788. The van der Waals surface area contributed by atoms with Crippen molar-refractivity contribution in [1.29, 1.82) is 0 Å². The maximum Gasteiger partial charge on any atom is 0.252 e. The Bertz CT molecular complexity index is 1030. The van der Waals surface area contributed by atoms with Gasteiger partial charge in [0.15, 0.2) is 0 Å². The molecule has 2 aromatic rings. The van der Waals surface area contributed by atoms with Crippen LogP contribution in [0.2, 0.25) is 5.02 Å². The molecule has 2 heterocycles. The number of primary amides is 1. The first kappa shape index (κ1) is 20.7. The number of aromatic nitrogens is 2. The smallest absolute Gasteiger partial charge is 0.252 e. The zero-order valence-corrected chi connectivity index (χ0v) is 16.9. The topological polar surface area (TPSA) is 81.2 Å².